The Kier molecular flexibility index (Phi) is 3.53. The van der Waals surface area contributed by atoms with E-state index in [1.54, 1.807) is 0 Å². The van der Waals surface area contributed by atoms with Gasteiger partial charge >= 0.3 is 0 Å². The quantitative estimate of drug-likeness (QED) is 0.851. The van der Waals surface area contributed by atoms with Crippen molar-refractivity contribution in [1.29, 1.82) is 0 Å². The third-order valence-corrected chi connectivity index (χ3v) is 3.59. The number of nitrogens with two attached hydrogens (primary N) is 1. The summed E-state index contributed by atoms with van der Waals surface area (Å²) in [5, 5.41) is 0. The van der Waals surface area contributed by atoms with E-state index in [1.807, 2.05) is 18.2 Å². The van der Waals surface area contributed by atoms with E-state index in [-0.39, 0.29) is 6.04 Å². The molecule has 2 unspecified atom stereocenters. The molecule has 0 saturated heterocycles. The van der Waals surface area contributed by atoms with Gasteiger partial charge in [-0.2, -0.15) is 0 Å². The van der Waals surface area contributed by atoms with Crippen molar-refractivity contribution in [1.82, 2.24) is 0 Å². The van der Waals surface area contributed by atoms with Crippen LogP contribution in [-0.4, -0.2) is 6.04 Å². The van der Waals surface area contributed by atoms with Gasteiger partial charge in [0.2, 0.25) is 0 Å². The average molecular weight is 235 g/mol. The van der Waals surface area contributed by atoms with Crippen molar-refractivity contribution in [2.75, 3.05) is 0 Å². The summed E-state index contributed by atoms with van der Waals surface area (Å²) in [6.07, 6.45) is 2.85. The maximum absolute atomic E-state index is 14.7. The van der Waals surface area contributed by atoms with Crippen LogP contribution in [0.2, 0.25) is 0 Å². The van der Waals surface area contributed by atoms with E-state index in [4.69, 9.17) is 5.73 Å². The Morgan fingerprint density at radius 3 is 2.82 bits per heavy atom. The van der Waals surface area contributed by atoms with Crippen molar-refractivity contribution in [3.8, 4) is 0 Å². The van der Waals surface area contributed by atoms with Crippen LogP contribution in [0.1, 0.15) is 44.2 Å². The molecule has 0 bridgehead atoms. The van der Waals surface area contributed by atoms with Crippen LogP contribution in [0, 0.1) is 5.92 Å². The molecular weight excluding hydrogens is 213 g/mol. The highest BCUT2D eigenvalue weighted by Gasteiger charge is 2.39. The first-order valence-electron chi connectivity index (χ1n) is 6.53. The molecule has 1 fully saturated rings. The molecule has 0 amide bonds. The Bertz CT molecular complexity index is 388. The van der Waals surface area contributed by atoms with Gasteiger partial charge in [0.05, 0.1) is 0 Å². The number of benzene rings is 1. The van der Waals surface area contributed by atoms with Gasteiger partial charge < -0.3 is 5.73 Å². The molecule has 2 rings (SSSR count). The zero-order chi connectivity index (χ0) is 12.5. The summed E-state index contributed by atoms with van der Waals surface area (Å²) < 4.78 is 14.7. The van der Waals surface area contributed by atoms with Gasteiger partial charge in [-0.25, -0.2) is 4.39 Å². The second kappa shape index (κ2) is 4.77. The zero-order valence-corrected chi connectivity index (χ0v) is 10.7. The van der Waals surface area contributed by atoms with Crippen LogP contribution < -0.4 is 5.73 Å². The molecule has 0 radical (unpaired) electrons. The second-order valence-electron chi connectivity index (χ2n) is 5.77. The van der Waals surface area contributed by atoms with Gasteiger partial charge in [-0.1, -0.05) is 38.1 Å². The summed E-state index contributed by atoms with van der Waals surface area (Å²) >= 11 is 0. The van der Waals surface area contributed by atoms with Gasteiger partial charge in [0.25, 0.3) is 0 Å². The van der Waals surface area contributed by atoms with E-state index in [2.05, 4.69) is 19.9 Å². The first-order valence-corrected chi connectivity index (χ1v) is 6.53. The minimum absolute atomic E-state index is 0.0220. The van der Waals surface area contributed by atoms with Crippen LogP contribution >= 0.6 is 0 Å². The van der Waals surface area contributed by atoms with Crippen LogP contribution in [0.4, 0.5) is 4.39 Å². The van der Waals surface area contributed by atoms with Crippen molar-refractivity contribution in [2.24, 2.45) is 11.7 Å². The fourth-order valence-electron chi connectivity index (χ4n) is 2.74. The Morgan fingerprint density at radius 1 is 1.47 bits per heavy atom. The maximum Gasteiger partial charge on any atom is 0.137 e. The van der Waals surface area contributed by atoms with Crippen LogP contribution in [0.25, 0.3) is 0 Å². The molecule has 0 aliphatic heterocycles. The lowest BCUT2D eigenvalue weighted by molar-refractivity contribution is 0.172. The lowest BCUT2D eigenvalue weighted by Crippen LogP contribution is -2.21. The molecule has 1 saturated carbocycles. The molecule has 2 N–H and O–H groups in total. The molecular formula is C15H22FN. The Hall–Kier alpha value is -0.890. The van der Waals surface area contributed by atoms with Crippen LogP contribution in [-0.2, 0) is 12.1 Å². The summed E-state index contributed by atoms with van der Waals surface area (Å²) in [5.74, 6) is 0.603. The van der Waals surface area contributed by atoms with Gasteiger partial charge in [-0.05, 0) is 36.3 Å². The monoisotopic (exact) mass is 235 g/mol. The van der Waals surface area contributed by atoms with Gasteiger partial charge in [0.15, 0.2) is 0 Å². The Labute approximate surface area is 103 Å². The van der Waals surface area contributed by atoms with Gasteiger partial charge in [-0.3, -0.25) is 0 Å². The average Bonchev–Trinajstić information content (AvgIpc) is 2.59. The number of halogens is 1. The molecule has 1 aromatic rings. The van der Waals surface area contributed by atoms with Crippen molar-refractivity contribution < 1.29 is 4.39 Å². The predicted octanol–water partition coefficient (Wildman–Crippen LogP) is 3.56. The third-order valence-electron chi connectivity index (χ3n) is 3.59. The van der Waals surface area contributed by atoms with Crippen molar-refractivity contribution in [2.45, 2.75) is 51.2 Å². The smallest absolute Gasteiger partial charge is 0.137 e. The summed E-state index contributed by atoms with van der Waals surface area (Å²) in [6.45, 7) is 4.37. The number of hydrogen-bond donors (Lipinski definition) is 1. The number of hydrogen-bond acceptors (Lipinski definition) is 1. The summed E-state index contributed by atoms with van der Waals surface area (Å²) in [7, 11) is 0. The largest absolute Gasteiger partial charge is 0.328 e. The summed E-state index contributed by atoms with van der Waals surface area (Å²) in [4.78, 5) is 0. The molecule has 1 aliphatic carbocycles. The highest BCUT2D eigenvalue weighted by Crippen LogP contribution is 2.42. The van der Waals surface area contributed by atoms with E-state index >= 15 is 0 Å². The summed E-state index contributed by atoms with van der Waals surface area (Å²) in [6, 6.07) is 8.01. The van der Waals surface area contributed by atoms with Gasteiger partial charge in [0.1, 0.15) is 5.67 Å². The second-order valence-corrected chi connectivity index (χ2v) is 5.77. The van der Waals surface area contributed by atoms with E-state index in [0.717, 1.165) is 18.4 Å². The predicted molar refractivity (Wildman–Crippen MR) is 69.6 cm³/mol. The standard InChI is InChI=1S/C15H22FN/c1-11(2)8-12-4-3-5-13(9-12)15(16)7-6-14(17)10-15/h3-5,9,11,14H,6-8,10,17H2,1-2H3. The van der Waals surface area contributed by atoms with E-state index in [9.17, 15) is 4.39 Å². The SMILES string of the molecule is CC(C)Cc1cccc(C2(F)CCC(N)C2)c1. The maximum atomic E-state index is 14.7. The van der Waals surface area contributed by atoms with Crippen LogP contribution in [0.15, 0.2) is 24.3 Å². The Morgan fingerprint density at radius 2 is 2.24 bits per heavy atom. The molecule has 0 aromatic heterocycles. The van der Waals surface area contributed by atoms with Crippen LogP contribution in [0.3, 0.4) is 0 Å². The van der Waals surface area contributed by atoms with Crippen LogP contribution in [0.5, 0.6) is 0 Å². The van der Waals surface area contributed by atoms with Crippen molar-refractivity contribution >= 4 is 0 Å². The lowest BCUT2D eigenvalue weighted by atomic mass is 9.91. The van der Waals surface area contributed by atoms with E-state index in [1.165, 1.54) is 5.56 Å². The van der Waals surface area contributed by atoms with Gasteiger partial charge in [0, 0.05) is 12.5 Å². The zero-order valence-electron chi connectivity index (χ0n) is 10.7. The molecule has 17 heavy (non-hydrogen) atoms. The first-order chi connectivity index (χ1) is 7.99. The first kappa shape index (κ1) is 12.6. The normalized spacial score (nSPS) is 28.9. The van der Waals surface area contributed by atoms with Crippen molar-refractivity contribution in [3.63, 3.8) is 0 Å². The van der Waals surface area contributed by atoms with Gasteiger partial charge in [-0.15, -0.1) is 0 Å². The molecule has 94 valence electrons. The summed E-state index contributed by atoms with van der Waals surface area (Å²) in [5.41, 5.74) is 6.69. The number of rotatable bonds is 3. The molecule has 2 atom stereocenters. The fraction of sp³-hybridized carbons (Fsp3) is 0.600. The van der Waals surface area contributed by atoms with Crippen molar-refractivity contribution in [3.05, 3.63) is 35.4 Å². The Balaban J connectivity index is 2.21. The lowest BCUT2D eigenvalue weighted by Gasteiger charge is -2.21. The molecule has 2 heteroatoms. The minimum Gasteiger partial charge on any atom is -0.328 e. The highest BCUT2D eigenvalue weighted by atomic mass is 19.1. The molecule has 1 aliphatic rings. The highest BCUT2D eigenvalue weighted by molar-refractivity contribution is 5.30. The molecule has 0 heterocycles. The number of alkyl halides is 1. The topological polar surface area (TPSA) is 26.0 Å². The third kappa shape index (κ3) is 2.86. The molecule has 0 spiro atoms. The molecule has 1 nitrogen and oxygen atoms in total. The van der Waals surface area contributed by atoms with E-state index < -0.39 is 5.67 Å². The molecule has 1 aromatic carbocycles. The fourth-order valence-corrected chi connectivity index (χ4v) is 2.74. The van der Waals surface area contributed by atoms with E-state index in [0.29, 0.717) is 18.8 Å². The minimum atomic E-state index is -1.19.